The number of ether oxygens (including phenoxy) is 1. The standard InChI is InChI=1S/C15H23NO2/c1-6-16(7-2)15(17)13-9-8-12(5)14(10-13)18-11(3)4/h8-11H,6-7H2,1-5H3. The summed E-state index contributed by atoms with van der Waals surface area (Å²) < 4.78 is 5.71. The molecular weight excluding hydrogens is 226 g/mol. The van der Waals surface area contributed by atoms with Gasteiger partial charge in [0.2, 0.25) is 0 Å². The average Bonchev–Trinajstić information content (AvgIpc) is 2.32. The molecule has 3 nitrogen and oxygen atoms in total. The van der Waals surface area contributed by atoms with Crippen molar-refractivity contribution < 1.29 is 9.53 Å². The monoisotopic (exact) mass is 249 g/mol. The first-order chi connectivity index (χ1) is 8.49. The first-order valence-electron chi connectivity index (χ1n) is 6.56. The summed E-state index contributed by atoms with van der Waals surface area (Å²) in [5.41, 5.74) is 1.75. The van der Waals surface area contributed by atoms with Crippen molar-refractivity contribution in [1.82, 2.24) is 4.90 Å². The van der Waals surface area contributed by atoms with Crippen LogP contribution in [0.25, 0.3) is 0 Å². The Morgan fingerprint density at radius 3 is 2.39 bits per heavy atom. The molecule has 0 aliphatic rings. The summed E-state index contributed by atoms with van der Waals surface area (Å²) in [6, 6.07) is 5.65. The molecule has 1 aromatic carbocycles. The first-order valence-corrected chi connectivity index (χ1v) is 6.56. The number of aryl methyl sites for hydroxylation is 1. The van der Waals surface area contributed by atoms with E-state index in [1.807, 2.05) is 57.7 Å². The minimum absolute atomic E-state index is 0.0635. The van der Waals surface area contributed by atoms with Gasteiger partial charge in [0.15, 0.2) is 0 Å². The normalized spacial score (nSPS) is 10.6. The maximum Gasteiger partial charge on any atom is 0.253 e. The number of hydrogen-bond acceptors (Lipinski definition) is 2. The molecule has 0 atom stereocenters. The number of hydrogen-bond donors (Lipinski definition) is 0. The number of carbonyl (C=O) groups is 1. The van der Waals surface area contributed by atoms with Crippen molar-refractivity contribution in [2.75, 3.05) is 13.1 Å². The predicted octanol–water partition coefficient (Wildman–Crippen LogP) is 3.26. The smallest absolute Gasteiger partial charge is 0.253 e. The summed E-state index contributed by atoms with van der Waals surface area (Å²) in [5, 5.41) is 0. The van der Waals surface area contributed by atoms with Gasteiger partial charge in [-0.25, -0.2) is 0 Å². The Morgan fingerprint density at radius 1 is 1.28 bits per heavy atom. The van der Waals surface area contributed by atoms with Crippen LogP contribution in [0.15, 0.2) is 18.2 Å². The van der Waals surface area contributed by atoms with Crippen molar-refractivity contribution in [3.05, 3.63) is 29.3 Å². The second-order valence-electron chi connectivity index (χ2n) is 4.62. The highest BCUT2D eigenvalue weighted by atomic mass is 16.5. The summed E-state index contributed by atoms with van der Waals surface area (Å²) in [4.78, 5) is 14.0. The zero-order chi connectivity index (χ0) is 13.7. The summed E-state index contributed by atoms with van der Waals surface area (Å²) >= 11 is 0. The molecule has 100 valence electrons. The molecule has 0 bridgehead atoms. The van der Waals surface area contributed by atoms with Crippen LogP contribution in [0.1, 0.15) is 43.6 Å². The molecule has 0 aliphatic carbocycles. The molecule has 0 saturated heterocycles. The molecule has 18 heavy (non-hydrogen) atoms. The zero-order valence-corrected chi connectivity index (χ0v) is 12.0. The fourth-order valence-electron chi connectivity index (χ4n) is 1.81. The minimum Gasteiger partial charge on any atom is -0.491 e. The highest BCUT2D eigenvalue weighted by Crippen LogP contribution is 2.21. The van der Waals surface area contributed by atoms with Crippen LogP contribution in [0.4, 0.5) is 0 Å². The summed E-state index contributed by atoms with van der Waals surface area (Å²) in [5.74, 6) is 0.858. The molecule has 0 radical (unpaired) electrons. The lowest BCUT2D eigenvalue weighted by Crippen LogP contribution is -2.30. The van der Waals surface area contributed by atoms with Gasteiger partial charge in [0, 0.05) is 18.7 Å². The summed E-state index contributed by atoms with van der Waals surface area (Å²) in [7, 11) is 0. The fourth-order valence-corrected chi connectivity index (χ4v) is 1.81. The molecule has 0 N–H and O–H groups in total. The largest absolute Gasteiger partial charge is 0.491 e. The van der Waals surface area contributed by atoms with Crippen molar-refractivity contribution in [2.24, 2.45) is 0 Å². The molecular formula is C15H23NO2. The SMILES string of the molecule is CCN(CC)C(=O)c1ccc(C)c(OC(C)C)c1. The topological polar surface area (TPSA) is 29.5 Å². The van der Waals surface area contributed by atoms with E-state index in [0.717, 1.165) is 24.4 Å². The summed E-state index contributed by atoms with van der Waals surface area (Å²) in [6.45, 7) is 11.4. The van der Waals surface area contributed by atoms with E-state index in [2.05, 4.69) is 0 Å². The number of benzene rings is 1. The van der Waals surface area contributed by atoms with Crippen LogP contribution in [0.2, 0.25) is 0 Å². The maximum absolute atomic E-state index is 12.2. The molecule has 0 saturated carbocycles. The number of amides is 1. The van der Waals surface area contributed by atoms with Crippen molar-refractivity contribution in [3.63, 3.8) is 0 Å². The van der Waals surface area contributed by atoms with Gasteiger partial charge in [-0.3, -0.25) is 4.79 Å². The molecule has 0 fully saturated rings. The van der Waals surface area contributed by atoms with Gasteiger partial charge in [-0.05, 0) is 52.3 Å². The van der Waals surface area contributed by atoms with E-state index in [4.69, 9.17) is 4.74 Å². The van der Waals surface area contributed by atoms with Crippen LogP contribution < -0.4 is 4.74 Å². The van der Waals surface area contributed by atoms with Crippen molar-refractivity contribution in [1.29, 1.82) is 0 Å². The Morgan fingerprint density at radius 2 is 1.89 bits per heavy atom. The van der Waals surface area contributed by atoms with Gasteiger partial charge < -0.3 is 9.64 Å². The lowest BCUT2D eigenvalue weighted by atomic mass is 10.1. The molecule has 1 rings (SSSR count). The fraction of sp³-hybridized carbons (Fsp3) is 0.533. The van der Waals surface area contributed by atoms with Crippen LogP contribution in [0.5, 0.6) is 5.75 Å². The van der Waals surface area contributed by atoms with Gasteiger partial charge >= 0.3 is 0 Å². The van der Waals surface area contributed by atoms with E-state index in [1.165, 1.54) is 0 Å². The van der Waals surface area contributed by atoms with Gasteiger partial charge in [0.05, 0.1) is 6.10 Å². The number of nitrogens with zero attached hydrogens (tertiary/aromatic N) is 1. The lowest BCUT2D eigenvalue weighted by molar-refractivity contribution is 0.0772. The van der Waals surface area contributed by atoms with Crippen LogP contribution >= 0.6 is 0 Å². The van der Waals surface area contributed by atoms with Gasteiger partial charge in [-0.2, -0.15) is 0 Å². The Kier molecular flexibility index (Phi) is 5.20. The molecule has 0 heterocycles. The Bertz CT molecular complexity index is 409. The first kappa shape index (κ1) is 14.6. The zero-order valence-electron chi connectivity index (χ0n) is 12.0. The third kappa shape index (κ3) is 3.49. The number of carbonyl (C=O) groups excluding carboxylic acids is 1. The van der Waals surface area contributed by atoms with Crippen LogP contribution in [-0.4, -0.2) is 30.0 Å². The highest BCUT2D eigenvalue weighted by molar-refractivity contribution is 5.94. The van der Waals surface area contributed by atoms with Gasteiger partial charge in [-0.15, -0.1) is 0 Å². The van der Waals surface area contributed by atoms with Crippen LogP contribution in [-0.2, 0) is 0 Å². The molecule has 1 amide bonds. The third-order valence-corrected chi connectivity index (χ3v) is 2.85. The quantitative estimate of drug-likeness (QED) is 0.801. The third-order valence-electron chi connectivity index (χ3n) is 2.85. The van der Waals surface area contributed by atoms with Crippen molar-refractivity contribution >= 4 is 5.91 Å². The molecule has 1 aromatic rings. The highest BCUT2D eigenvalue weighted by Gasteiger charge is 2.14. The van der Waals surface area contributed by atoms with E-state index in [0.29, 0.717) is 5.56 Å². The molecule has 0 aliphatic heterocycles. The van der Waals surface area contributed by atoms with Gasteiger partial charge in [0.25, 0.3) is 5.91 Å². The molecule has 0 aromatic heterocycles. The minimum atomic E-state index is 0.0635. The lowest BCUT2D eigenvalue weighted by Gasteiger charge is -2.20. The van der Waals surface area contributed by atoms with E-state index in [9.17, 15) is 4.79 Å². The van der Waals surface area contributed by atoms with Gasteiger partial charge in [0.1, 0.15) is 5.75 Å². The number of rotatable bonds is 5. The van der Waals surface area contributed by atoms with Crippen LogP contribution in [0.3, 0.4) is 0 Å². The van der Waals surface area contributed by atoms with E-state index in [-0.39, 0.29) is 12.0 Å². The maximum atomic E-state index is 12.2. The van der Waals surface area contributed by atoms with Gasteiger partial charge in [-0.1, -0.05) is 6.07 Å². The molecule has 0 unspecified atom stereocenters. The van der Waals surface area contributed by atoms with Crippen molar-refractivity contribution in [2.45, 2.75) is 40.7 Å². The second-order valence-corrected chi connectivity index (χ2v) is 4.62. The Labute approximate surface area is 110 Å². The van der Waals surface area contributed by atoms with E-state index in [1.54, 1.807) is 0 Å². The second kappa shape index (κ2) is 6.43. The molecule has 3 heteroatoms. The Balaban J connectivity index is 3.00. The van der Waals surface area contributed by atoms with E-state index < -0.39 is 0 Å². The van der Waals surface area contributed by atoms with Crippen LogP contribution in [0, 0.1) is 6.92 Å². The molecule has 0 spiro atoms. The summed E-state index contributed by atoms with van der Waals surface area (Å²) in [6.07, 6.45) is 0.113. The van der Waals surface area contributed by atoms with E-state index >= 15 is 0 Å². The predicted molar refractivity (Wildman–Crippen MR) is 74.2 cm³/mol. The Hall–Kier alpha value is -1.51. The van der Waals surface area contributed by atoms with Crippen molar-refractivity contribution in [3.8, 4) is 5.75 Å². The average molecular weight is 249 g/mol.